The number of nitrogens with one attached hydrogen (secondary N) is 1. The summed E-state index contributed by atoms with van der Waals surface area (Å²) in [7, 11) is 0. The Kier molecular flexibility index (Phi) is 3.91. The molecule has 0 radical (unpaired) electrons. The SMILES string of the molecule is CC(O)CCCNc1nc(N)ns1. The first-order chi connectivity index (χ1) is 6.18. The molecule has 6 heteroatoms. The quantitative estimate of drug-likeness (QED) is 0.612. The number of rotatable bonds is 5. The maximum absolute atomic E-state index is 8.98. The van der Waals surface area contributed by atoms with Gasteiger partial charge < -0.3 is 16.2 Å². The molecule has 1 rings (SSSR count). The normalized spacial score (nSPS) is 12.8. The zero-order valence-corrected chi connectivity index (χ0v) is 8.34. The number of hydrogen-bond acceptors (Lipinski definition) is 6. The van der Waals surface area contributed by atoms with Crippen molar-refractivity contribution < 1.29 is 5.11 Å². The van der Waals surface area contributed by atoms with E-state index in [-0.39, 0.29) is 6.10 Å². The number of nitrogen functional groups attached to an aromatic ring is 1. The van der Waals surface area contributed by atoms with Crippen molar-refractivity contribution in [1.82, 2.24) is 9.36 Å². The summed E-state index contributed by atoms with van der Waals surface area (Å²) in [4.78, 5) is 3.94. The highest BCUT2D eigenvalue weighted by molar-refractivity contribution is 7.09. The molecule has 74 valence electrons. The number of hydrogen-bond donors (Lipinski definition) is 3. The highest BCUT2D eigenvalue weighted by atomic mass is 32.1. The minimum atomic E-state index is -0.235. The van der Waals surface area contributed by atoms with Gasteiger partial charge in [-0.2, -0.15) is 9.36 Å². The molecule has 1 aromatic rings. The molecule has 0 spiro atoms. The van der Waals surface area contributed by atoms with Gasteiger partial charge in [0.25, 0.3) is 0 Å². The molecular formula is C7H14N4OS. The van der Waals surface area contributed by atoms with Gasteiger partial charge >= 0.3 is 0 Å². The minimum Gasteiger partial charge on any atom is -0.393 e. The Hall–Kier alpha value is -0.880. The number of anilines is 2. The Labute approximate surface area is 81.2 Å². The molecule has 5 nitrogen and oxygen atoms in total. The molecule has 1 heterocycles. The van der Waals surface area contributed by atoms with Gasteiger partial charge in [0, 0.05) is 18.1 Å². The number of aromatic nitrogens is 2. The van der Waals surface area contributed by atoms with Gasteiger partial charge in [0.05, 0.1) is 6.10 Å². The van der Waals surface area contributed by atoms with E-state index in [0.29, 0.717) is 5.95 Å². The smallest absolute Gasteiger partial charge is 0.233 e. The highest BCUT2D eigenvalue weighted by Crippen LogP contribution is 2.11. The lowest BCUT2D eigenvalue weighted by Crippen LogP contribution is -2.06. The van der Waals surface area contributed by atoms with Crippen molar-refractivity contribution in [3.63, 3.8) is 0 Å². The van der Waals surface area contributed by atoms with Crippen LogP contribution in [0, 0.1) is 0 Å². The molecule has 0 saturated heterocycles. The maximum atomic E-state index is 8.98. The van der Waals surface area contributed by atoms with Crippen LogP contribution in [0.1, 0.15) is 19.8 Å². The van der Waals surface area contributed by atoms with Crippen molar-refractivity contribution in [2.75, 3.05) is 17.6 Å². The molecule has 0 aliphatic carbocycles. The van der Waals surface area contributed by atoms with Gasteiger partial charge in [0.1, 0.15) is 0 Å². The van der Waals surface area contributed by atoms with Crippen LogP contribution in [-0.4, -0.2) is 27.1 Å². The zero-order valence-electron chi connectivity index (χ0n) is 7.53. The summed E-state index contributed by atoms with van der Waals surface area (Å²) in [5, 5.41) is 12.8. The van der Waals surface area contributed by atoms with E-state index in [0.717, 1.165) is 24.5 Å². The van der Waals surface area contributed by atoms with Crippen LogP contribution < -0.4 is 11.1 Å². The van der Waals surface area contributed by atoms with E-state index in [1.54, 1.807) is 6.92 Å². The van der Waals surface area contributed by atoms with Crippen molar-refractivity contribution in [2.45, 2.75) is 25.9 Å². The van der Waals surface area contributed by atoms with Crippen LogP contribution in [0.3, 0.4) is 0 Å². The van der Waals surface area contributed by atoms with E-state index in [1.807, 2.05) is 0 Å². The summed E-state index contributed by atoms with van der Waals surface area (Å²) in [6.45, 7) is 2.57. The molecule has 0 fully saturated rings. The fourth-order valence-electron chi connectivity index (χ4n) is 0.899. The summed E-state index contributed by atoms with van der Waals surface area (Å²) in [6, 6.07) is 0. The molecule has 13 heavy (non-hydrogen) atoms. The lowest BCUT2D eigenvalue weighted by molar-refractivity contribution is 0.183. The van der Waals surface area contributed by atoms with Crippen LogP contribution in [0.25, 0.3) is 0 Å². The molecule has 4 N–H and O–H groups in total. The van der Waals surface area contributed by atoms with Gasteiger partial charge in [-0.15, -0.1) is 0 Å². The van der Waals surface area contributed by atoms with Crippen molar-refractivity contribution in [3.05, 3.63) is 0 Å². The molecule has 0 aliphatic heterocycles. The standard InChI is InChI=1S/C7H14N4OS/c1-5(12)3-2-4-9-7-10-6(8)11-13-7/h5,12H,2-4H2,1H3,(H3,8,9,10,11). The second-order valence-corrected chi connectivity index (χ2v) is 3.63. The highest BCUT2D eigenvalue weighted by Gasteiger charge is 1.99. The lowest BCUT2D eigenvalue weighted by atomic mass is 10.2. The van der Waals surface area contributed by atoms with Crippen molar-refractivity contribution in [1.29, 1.82) is 0 Å². The molecule has 0 bridgehead atoms. The van der Waals surface area contributed by atoms with Gasteiger partial charge in [-0.25, -0.2) is 0 Å². The van der Waals surface area contributed by atoms with Gasteiger partial charge in [0.15, 0.2) is 0 Å². The molecule has 0 aromatic carbocycles. The first-order valence-corrected chi connectivity index (χ1v) is 4.97. The Morgan fingerprint density at radius 3 is 3.00 bits per heavy atom. The van der Waals surface area contributed by atoms with Crippen LogP contribution in [0.5, 0.6) is 0 Å². The predicted molar refractivity (Wildman–Crippen MR) is 53.7 cm³/mol. The summed E-state index contributed by atoms with van der Waals surface area (Å²) < 4.78 is 3.83. The second-order valence-electron chi connectivity index (χ2n) is 2.88. The van der Waals surface area contributed by atoms with Crippen LogP contribution in [-0.2, 0) is 0 Å². The van der Waals surface area contributed by atoms with Crippen molar-refractivity contribution >= 4 is 22.6 Å². The maximum Gasteiger partial charge on any atom is 0.233 e. The fraction of sp³-hybridized carbons (Fsp3) is 0.714. The Bertz CT molecular complexity index is 250. The van der Waals surface area contributed by atoms with Gasteiger partial charge in [-0.3, -0.25) is 0 Å². The largest absolute Gasteiger partial charge is 0.393 e. The first kappa shape index (κ1) is 10.2. The van der Waals surface area contributed by atoms with Gasteiger partial charge in [-0.1, -0.05) is 0 Å². The molecule has 0 aliphatic rings. The third kappa shape index (κ3) is 4.05. The summed E-state index contributed by atoms with van der Waals surface area (Å²) in [5.41, 5.74) is 5.34. The third-order valence-electron chi connectivity index (χ3n) is 1.52. The van der Waals surface area contributed by atoms with Crippen LogP contribution in [0.15, 0.2) is 0 Å². The van der Waals surface area contributed by atoms with E-state index in [2.05, 4.69) is 14.7 Å². The number of aliphatic hydroxyl groups is 1. The molecule has 1 aromatic heterocycles. The number of aliphatic hydroxyl groups excluding tert-OH is 1. The Morgan fingerprint density at radius 1 is 1.69 bits per heavy atom. The van der Waals surface area contributed by atoms with E-state index in [9.17, 15) is 0 Å². The number of nitrogens with two attached hydrogens (primary N) is 1. The van der Waals surface area contributed by atoms with Gasteiger partial charge in [-0.05, 0) is 19.8 Å². The zero-order chi connectivity index (χ0) is 9.68. The fourth-order valence-corrected chi connectivity index (χ4v) is 1.42. The van der Waals surface area contributed by atoms with Crippen LogP contribution in [0.4, 0.5) is 11.1 Å². The number of nitrogens with zero attached hydrogens (tertiary/aromatic N) is 2. The van der Waals surface area contributed by atoms with E-state index >= 15 is 0 Å². The first-order valence-electron chi connectivity index (χ1n) is 4.19. The molecule has 1 atom stereocenters. The summed E-state index contributed by atoms with van der Waals surface area (Å²) in [6.07, 6.45) is 1.47. The van der Waals surface area contributed by atoms with E-state index < -0.39 is 0 Å². The predicted octanol–water partition coefficient (Wildman–Crippen LogP) is 0.693. The molecule has 0 saturated carbocycles. The third-order valence-corrected chi connectivity index (χ3v) is 2.20. The van der Waals surface area contributed by atoms with Crippen LogP contribution >= 0.6 is 11.5 Å². The Balaban J connectivity index is 2.13. The topological polar surface area (TPSA) is 84.1 Å². The summed E-state index contributed by atoms with van der Waals surface area (Å²) in [5.74, 6) is 0.308. The van der Waals surface area contributed by atoms with Crippen LogP contribution in [0.2, 0.25) is 0 Å². The Morgan fingerprint density at radius 2 is 2.46 bits per heavy atom. The van der Waals surface area contributed by atoms with Crippen molar-refractivity contribution in [3.8, 4) is 0 Å². The summed E-state index contributed by atoms with van der Waals surface area (Å²) >= 11 is 1.25. The van der Waals surface area contributed by atoms with Crippen molar-refractivity contribution in [2.24, 2.45) is 0 Å². The van der Waals surface area contributed by atoms with E-state index in [1.165, 1.54) is 11.5 Å². The average Bonchev–Trinajstić information content (AvgIpc) is 2.45. The lowest BCUT2D eigenvalue weighted by Gasteiger charge is -2.03. The molecule has 0 amide bonds. The van der Waals surface area contributed by atoms with E-state index in [4.69, 9.17) is 10.8 Å². The minimum absolute atomic E-state index is 0.235. The monoisotopic (exact) mass is 202 g/mol. The molecule has 1 unspecified atom stereocenters. The van der Waals surface area contributed by atoms with Gasteiger partial charge in [0.2, 0.25) is 11.1 Å². The molecular weight excluding hydrogens is 188 g/mol. The second kappa shape index (κ2) is 4.98. The average molecular weight is 202 g/mol.